The number of benzene rings is 1. The third-order valence-electron chi connectivity index (χ3n) is 3.95. The van der Waals surface area contributed by atoms with E-state index in [-0.39, 0.29) is 22.4 Å². The van der Waals surface area contributed by atoms with Crippen LogP contribution in [0.5, 0.6) is 5.88 Å². The fraction of sp³-hybridized carbons (Fsp3) is 0.353. The summed E-state index contributed by atoms with van der Waals surface area (Å²) in [6.07, 6.45) is -4.49. The number of carboxylic acid groups (broad SMARTS) is 1. The van der Waals surface area contributed by atoms with Crippen molar-refractivity contribution in [2.75, 3.05) is 21.2 Å². The molecule has 0 aliphatic heterocycles. The second kappa shape index (κ2) is 6.69. The van der Waals surface area contributed by atoms with E-state index in [9.17, 15) is 23.1 Å². The maximum atomic E-state index is 13.2. The van der Waals surface area contributed by atoms with Gasteiger partial charge in [0.05, 0.1) is 12.6 Å². The van der Waals surface area contributed by atoms with E-state index in [0.29, 0.717) is 11.9 Å². The fourth-order valence-electron chi connectivity index (χ4n) is 3.04. The van der Waals surface area contributed by atoms with Gasteiger partial charge in [0.2, 0.25) is 11.7 Å². The van der Waals surface area contributed by atoms with Crippen molar-refractivity contribution in [2.24, 2.45) is 0 Å². The molecule has 27 heavy (non-hydrogen) atoms. The van der Waals surface area contributed by atoms with Gasteiger partial charge in [0, 0.05) is 11.9 Å². The molecule has 1 N–H and O–H groups in total. The lowest BCUT2D eigenvalue weighted by molar-refractivity contribution is -0.139. The third kappa shape index (κ3) is 3.65. The Kier molecular flexibility index (Phi) is 4.68. The van der Waals surface area contributed by atoms with E-state index in [1.54, 1.807) is 18.2 Å². The zero-order chi connectivity index (χ0) is 19.9. The quantitative estimate of drug-likeness (QED) is 0.731. The Bertz CT molecular complexity index is 1030. The van der Waals surface area contributed by atoms with Gasteiger partial charge in [-0.25, -0.2) is 9.78 Å². The summed E-state index contributed by atoms with van der Waals surface area (Å²) in [6.45, 7) is -0.706. The molecule has 3 rings (SSSR count). The Morgan fingerprint density at radius 2 is 2.00 bits per heavy atom. The largest absolute Gasteiger partial charge is 0.479 e. The molecular formula is C17H17F3N4O3. The summed E-state index contributed by atoms with van der Waals surface area (Å²) in [4.78, 5) is 21.0. The number of hydrogen-bond donors (Lipinski definition) is 1. The highest BCUT2D eigenvalue weighted by Crippen LogP contribution is 2.35. The third-order valence-corrected chi connectivity index (χ3v) is 3.95. The molecule has 0 spiro atoms. The molecule has 2 aromatic heterocycles. The van der Waals surface area contributed by atoms with E-state index in [0.717, 1.165) is 10.1 Å². The molecule has 7 nitrogen and oxygen atoms in total. The van der Waals surface area contributed by atoms with E-state index in [1.165, 1.54) is 7.11 Å². The highest BCUT2D eigenvalue weighted by atomic mass is 19.4. The van der Waals surface area contributed by atoms with E-state index in [2.05, 4.69) is 9.97 Å². The number of aromatic nitrogens is 3. The zero-order valence-corrected chi connectivity index (χ0v) is 14.8. The van der Waals surface area contributed by atoms with Crippen LogP contribution in [0.2, 0.25) is 0 Å². The van der Waals surface area contributed by atoms with E-state index in [1.807, 2.05) is 19.0 Å². The predicted octanol–water partition coefficient (Wildman–Crippen LogP) is 2.92. The van der Waals surface area contributed by atoms with Crippen LogP contribution in [0.15, 0.2) is 18.2 Å². The van der Waals surface area contributed by atoms with Gasteiger partial charge in [0.15, 0.2) is 0 Å². The van der Waals surface area contributed by atoms with E-state index >= 15 is 0 Å². The fourth-order valence-corrected chi connectivity index (χ4v) is 3.04. The Balaban J connectivity index is 2.40. The lowest BCUT2D eigenvalue weighted by atomic mass is 10.1. The van der Waals surface area contributed by atoms with E-state index < -0.39 is 24.5 Å². The highest BCUT2D eigenvalue weighted by molar-refractivity contribution is 6.08. The molecule has 144 valence electrons. The van der Waals surface area contributed by atoms with Gasteiger partial charge in [-0.05, 0) is 31.8 Å². The van der Waals surface area contributed by atoms with Gasteiger partial charge in [-0.15, -0.1) is 0 Å². The first-order valence-corrected chi connectivity index (χ1v) is 7.92. The van der Waals surface area contributed by atoms with Gasteiger partial charge < -0.3 is 19.3 Å². The molecule has 0 radical (unpaired) electrons. The van der Waals surface area contributed by atoms with Gasteiger partial charge in [-0.3, -0.25) is 0 Å². The highest BCUT2D eigenvalue weighted by Gasteiger charge is 2.32. The number of carbonyl (C=O) groups is 1. The maximum absolute atomic E-state index is 13.2. The number of ether oxygens (including phenoxy) is 1. The first kappa shape index (κ1) is 18.9. The summed E-state index contributed by atoms with van der Waals surface area (Å²) < 4.78 is 45.6. The Morgan fingerprint density at radius 1 is 1.30 bits per heavy atom. The van der Waals surface area contributed by atoms with Crippen LogP contribution >= 0.6 is 0 Å². The molecule has 0 aliphatic rings. The van der Waals surface area contributed by atoms with Crippen molar-refractivity contribution in [2.45, 2.75) is 19.3 Å². The van der Waals surface area contributed by atoms with Gasteiger partial charge in [-0.2, -0.15) is 18.2 Å². The normalized spacial score (nSPS) is 12.3. The first-order valence-electron chi connectivity index (χ1n) is 7.92. The van der Waals surface area contributed by atoms with Crippen LogP contribution in [0, 0.1) is 0 Å². The number of carboxylic acids is 1. The summed E-state index contributed by atoms with van der Waals surface area (Å²) in [5, 5.41) is 9.64. The maximum Gasteiger partial charge on any atom is 0.406 e. The van der Waals surface area contributed by atoms with Crippen LogP contribution in [0.4, 0.5) is 13.2 Å². The minimum atomic E-state index is -4.49. The molecule has 0 atom stereocenters. The van der Waals surface area contributed by atoms with Crippen LogP contribution in [-0.4, -0.2) is 57.9 Å². The number of halogens is 3. The topological polar surface area (TPSA) is 80.5 Å². The van der Waals surface area contributed by atoms with Gasteiger partial charge >= 0.3 is 12.1 Å². The summed E-state index contributed by atoms with van der Waals surface area (Å²) in [6, 6.07) is 5.01. The van der Waals surface area contributed by atoms with Crippen molar-refractivity contribution in [3.63, 3.8) is 0 Å². The number of nitrogens with zero attached hydrogens (tertiary/aromatic N) is 4. The number of methoxy groups -OCH3 is 1. The SMILES string of the molecule is COc1nc(C(=O)O)nc2c3cc(CN(C)C)ccc3n(CC(F)(F)F)c12. The molecule has 0 unspecified atom stereocenters. The molecule has 10 heteroatoms. The minimum absolute atomic E-state index is 0.0110. The second-order valence-corrected chi connectivity index (χ2v) is 6.35. The Morgan fingerprint density at radius 3 is 2.56 bits per heavy atom. The number of rotatable bonds is 5. The van der Waals surface area contributed by atoms with Crippen molar-refractivity contribution in [3.8, 4) is 5.88 Å². The van der Waals surface area contributed by atoms with Crippen LogP contribution < -0.4 is 4.74 Å². The Labute approximate surface area is 152 Å². The number of hydrogen-bond acceptors (Lipinski definition) is 5. The average Bonchev–Trinajstić information content (AvgIpc) is 2.85. The molecule has 0 aliphatic carbocycles. The van der Waals surface area contributed by atoms with Crippen molar-refractivity contribution < 1.29 is 27.8 Å². The molecule has 1 aromatic carbocycles. The summed E-state index contributed by atoms with van der Waals surface area (Å²) in [5.41, 5.74) is 1.25. The number of aromatic carboxylic acids is 1. The smallest absolute Gasteiger partial charge is 0.406 e. The second-order valence-electron chi connectivity index (χ2n) is 6.35. The van der Waals surface area contributed by atoms with Crippen LogP contribution in [0.3, 0.4) is 0 Å². The summed E-state index contributed by atoms with van der Waals surface area (Å²) in [5.74, 6) is -2.15. The van der Waals surface area contributed by atoms with Crippen molar-refractivity contribution in [3.05, 3.63) is 29.6 Å². The molecule has 3 aromatic rings. The molecule has 0 bridgehead atoms. The Hall–Kier alpha value is -2.88. The summed E-state index contributed by atoms with van der Waals surface area (Å²) >= 11 is 0. The number of alkyl halides is 3. The van der Waals surface area contributed by atoms with Crippen molar-refractivity contribution >= 4 is 27.9 Å². The predicted molar refractivity (Wildman–Crippen MR) is 92.0 cm³/mol. The van der Waals surface area contributed by atoms with E-state index in [4.69, 9.17) is 4.74 Å². The molecule has 0 saturated heterocycles. The van der Waals surface area contributed by atoms with Crippen LogP contribution in [0.25, 0.3) is 21.9 Å². The standard InChI is InChI=1S/C17H17F3N4O3/c1-23(2)7-9-4-5-11-10(6-9)12-13(24(11)8-17(18,19)20)15(27-3)22-14(21-12)16(25)26/h4-6H,7-8H2,1-3H3,(H,25,26). The molecule has 0 saturated carbocycles. The lowest BCUT2D eigenvalue weighted by Gasteiger charge is -2.12. The summed E-state index contributed by atoms with van der Waals surface area (Å²) in [7, 11) is 4.95. The average molecular weight is 382 g/mol. The van der Waals surface area contributed by atoms with Gasteiger partial charge in [-0.1, -0.05) is 6.07 Å². The van der Waals surface area contributed by atoms with Gasteiger partial charge in [0.25, 0.3) is 0 Å². The first-order chi connectivity index (χ1) is 12.6. The zero-order valence-electron chi connectivity index (χ0n) is 14.8. The van der Waals surface area contributed by atoms with Crippen molar-refractivity contribution in [1.82, 2.24) is 19.4 Å². The molecule has 2 heterocycles. The lowest BCUT2D eigenvalue weighted by Crippen LogP contribution is -2.18. The number of fused-ring (bicyclic) bond motifs is 3. The van der Waals surface area contributed by atoms with Gasteiger partial charge in [0.1, 0.15) is 17.6 Å². The van der Waals surface area contributed by atoms with Crippen molar-refractivity contribution in [1.29, 1.82) is 0 Å². The monoisotopic (exact) mass is 382 g/mol. The van der Waals surface area contributed by atoms with Crippen LogP contribution in [-0.2, 0) is 13.1 Å². The molecule has 0 fully saturated rings. The molecule has 0 amide bonds. The van der Waals surface area contributed by atoms with Crippen LogP contribution in [0.1, 0.15) is 16.2 Å². The molecular weight excluding hydrogens is 365 g/mol. The minimum Gasteiger partial charge on any atom is -0.479 e.